The van der Waals surface area contributed by atoms with Crippen LogP contribution in [0.2, 0.25) is 0 Å². The first kappa shape index (κ1) is 7.72. The molecule has 0 spiro atoms. The Bertz CT molecular complexity index is 151. The molecule has 1 saturated heterocycles. The van der Waals surface area contributed by atoms with Gasteiger partial charge in [-0.3, -0.25) is 4.90 Å². The molecule has 1 N–H and O–H groups in total. The number of carboxylic acid groups (broad SMARTS) is 1. The van der Waals surface area contributed by atoms with Crippen molar-refractivity contribution in [1.82, 2.24) is 4.90 Å². The largest absolute Gasteiger partial charge is 0.465 e. The molecule has 0 aromatic heterocycles. The molecule has 1 aliphatic heterocycles. The molecular formula is C6H11NO2S. The van der Waals surface area contributed by atoms with Crippen LogP contribution >= 0.6 is 12.6 Å². The maximum Gasteiger partial charge on any atom is 0.408 e. The summed E-state index contributed by atoms with van der Waals surface area (Å²) in [5.41, 5.74) is 0. The first-order valence-electron chi connectivity index (χ1n) is 3.29. The van der Waals surface area contributed by atoms with Crippen molar-refractivity contribution in [2.45, 2.75) is 18.7 Å². The van der Waals surface area contributed by atoms with Crippen LogP contribution in [0, 0.1) is 5.92 Å². The summed E-state index contributed by atoms with van der Waals surface area (Å²) < 4.78 is 0. The van der Waals surface area contributed by atoms with Crippen LogP contribution in [0.4, 0.5) is 4.79 Å². The normalized spacial score (nSPS) is 32.8. The Morgan fingerprint density at radius 2 is 2.40 bits per heavy atom. The monoisotopic (exact) mass is 161 g/mol. The summed E-state index contributed by atoms with van der Waals surface area (Å²) in [6.07, 6.45) is 0.0134. The average Bonchev–Trinajstić information content (AvgIpc) is 2.10. The van der Waals surface area contributed by atoms with Gasteiger partial charge >= 0.3 is 6.09 Å². The highest BCUT2D eigenvalue weighted by Crippen LogP contribution is 2.24. The van der Waals surface area contributed by atoms with Gasteiger partial charge in [-0.25, -0.2) is 4.79 Å². The highest BCUT2D eigenvalue weighted by atomic mass is 32.1. The number of carbonyl (C=O) groups is 1. The fraction of sp³-hybridized carbons (Fsp3) is 0.833. The van der Waals surface area contributed by atoms with Crippen LogP contribution in [0.15, 0.2) is 0 Å². The SMILES string of the molecule is CC1CC(S)N(C(=O)O)C1. The van der Waals surface area contributed by atoms with Crippen molar-refractivity contribution < 1.29 is 9.90 Å². The van der Waals surface area contributed by atoms with E-state index in [1.165, 1.54) is 4.90 Å². The molecule has 1 amide bonds. The molecule has 0 bridgehead atoms. The molecule has 1 rings (SSSR count). The van der Waals surface area contributed by atoms with Gasteiger partial charge in [0.15, 0.2) is 0 Å². The maximum absolute atomic E-state index is 10.4. The Balaban J connectivity index is 2.54. The molecule has 3 nitrogen and oxygen atoms in total. The smallest absolute Gasteiger partial charge is 0.408 e. The second-order valence-electron chi connectivity index (χ2n) is 2.76. The van der Waals surface area contributed by atoms with Gasteiger partial charge in [-0.05, 0) is 12.3 Å². The van der Waals surface area contributed by atoms with Gasteiger partial charge in [-0.15, -0.1) is 0 Å². The quantitative estimate of drug-likeness (QED) is 0.525. The number of hydrogen-bond acceptors (Lipinski definition) is 2. The first-order chi connectivity index (χ1) is 4.61. The predicted octanol–water partition coefficient (Wildman–Crippen LogP) is 1.26. The highest BCUT2D eigenvalue weighted by molar-refractivity contribution is 7.80. The minimum atomic E-state index is -0.857. The zero-order valence-corrected chi connectivity index (χ0v) is 6.71. The molecule has 1 heterocycles. The molecule has 2 unspecified atom stereocenters. The van der Waals surface area contributed by atoms with Gasteiger partial charge in [0.2, 0.25) is 0 Å². The van der Waals surface area contributed by atoms with Crippen LogP contribution in [0.3, 0.4) is 0 Å². The van der Waals surface area contributed by atoms with Crippen molar-refractivity contribution in [3.8, 4) is 0 Å². The third-order valence-corrected chi connectivity index (χ3v) is 2.22. The Kier molecular flexibility index (Phi) is 2.08. The van der Waals surface area contributed by atoms with Gasteiger partial charge < -0.3 is 5.11 Å². The van der Waals surface area contributed by atoms with Gasteiger partial charge in [-0.2, -0.15) is 12.6 Å². The van der Waals surface area contributed by atoms with Crippen molar-refractivity contribution in [2.75, 3.05) is 6.54 Å². The van der Waals surface area contributed by atoms with Crippen LogP contribution in [0.5, 0.6) is 0 Å². The molecule has 1 aliphatic rings. The molecule has 10 heavy (non-hydrogen) atoms. The van der Waals surface area contributed by atoms with E-state index in [0.717, 1.165) is 6.42 Å². The van der Waals surface area contributed by atoms with Gasteiger partial charge in [0.1, 0.15) is 0 Å². The summed E-state index contributed by atoms with van der Waals surface area (Å²) in [6, 6.07) is 0. The topological polar surface area (TPSA) is 40.5 Å². The minimum absolute atomic E-state index is 0.0903. The Morgan fingerprint density at radius 3 is 2.60 bits per heavy atom. The zero-order chi connectivity index (χ0) is 7.72. The summed E-state index contributed by atoms with van der Waals surface area (Å²) >= 11 is 4.13. The van der Waals surface area contributed by atoms with E-state index in [1.54, 1.807) is 0 Å². The second kappa shape index (κ2) is 2.70. The minimum Gasteiger partial charge on any atom is -0.465 e. The van der Waals surface area contributed by atoms with Gasteiger partial charge in [-0.1, -0.05) is 6.92 Å². The van der Waals surface area contributed by atoms with Crippen LogP contribution in [0.25, 0.3) is 0 Å². The molecule has 58 valence electrons. The number of nitrogens with zero attached hydrogens (tertiary/aromatic N) is 1. The standard InChI is InChI=1S/C6H11NO2S/c1-4-2-5(10)7(3-4)6(8)9/h4-5,10H,2-3H2,1H3,(H,8,9). The third kappa shape index (κ3) is 1.37. The second-order valence-corrected chi connectivity index (χ2v) is 3.35. The van der Waals surface area contributed by atoms with E-state index in [0.29, 0.717) is 12.5 Å². The predicted molar refractivity (Wildman–Crippen MR) is 41.3 cm³/mol. The fourth-order valence-electron chi connectivity index (χ4n) is 1.22. The maximum atomic E-state index is 10.4. The van der Waals surface area contributed by atoms with E-state index in [-0.39, 0.29) is 5.37 Å². The van der Waals surface area contributed by atoms with Gasteiger partial charge in [0, 0.05) is 6.54 Å². The number of rotatable bonds is 0. The fourth-order valence-corrected chi connectivity index (χ4v) is 1.78. The number of hydrogen-bond donors (Lipinski definition) is 2. The number of thiol groups is 1. The van der Waals surface area contributed by atoms with E-state index < -0.39 is 6.09 Å². The number of amides is 1. The van der Waals surface area contributed by atoms with Gasteiger partial charge in [0.05, 0.1) is 5.37 Å². The van der Waals surface area contributed by atoms with E-state index in [4.69, 9.17) is 5.11 Å². The molecule has 2 atom stereocenters. The van der Waals surface area contributed by atoms with E-state index in [2.05, 4.69) is 12.6 Å². The van der Waals surface area contributed by atoms with Crippen molar-refractivity contribution in [3.05, 3.63) is 0 Å². The third-order valence-electron chi connectivity index (χ3n) is 1.73. The molecule has 1 fully saturated rings. The summed E-state index contributed by atoms with van der Waals surface area (Å²) in [5, 5.41) is 8.49. The van der Waals surface area contributed by atoms with Crippen molar-refractivity contribution in [1.29, 1.82) is 0 Å². The highest BCUT2D eigenvalue weighted by Gasteiger charge is 2.30. The van der Waals surface area contributed by atoms with Crippen LogP contribution in [-0.2, 0) is 0 Å². The number of likely N-dealkylation sites (tertiary alicyclic amines) is 1. The molecule has 0 radical (unpaired) electrons. The lowest BCUT2D eigenvalue weighted by Gasteiger charge is -2.15. The van der Waals surface area contributed by atoms with Crippen LogP contribution < -0.4 is 0 Å². The summed E-state index contributed by atoms with van der Waals surface area (Å²) in [7, 11) is 0. The Labute approximate surface area is 65.4 Å². The molecule has 0 aromatic carbocycles. The zero-order valence-electron chi connectivity index (χ0n) is 5.82. The average molecular weight is 161 g/mol. The lowest BCUT2D eigenvalue weighted by Crippen LogP contribution is -2.30. The summed E-state index contributed by atoms with van der Waals surface area (Å²) in [4.78, 5) is 11.8. The van der Waals surface area contributed by atoms with Crippen LogP contribution in [0.1, 0.15) is 13.3 Å². The van der Waals surface area contributed by atoms with E-state index >= 15 is 0 Å². The Hall–Kier alpha value is -0.380. The Morgan fingerprint density at radius 1 is 1.80 bits per heavy atom. The first-order valence-corrected chi connectivity index (χ1v) is 3.80. The van der Waals surface area contributed by atoms with E-state index in [9.17, 15) is 4.79 Å². The summed E-state index contributed by atoms with van der Waals surface area (Å²) in [6.45, 7) is 2.66. The molecular weight excluding hydrogens is 150 g/mol. The van der Waals surface area contributed by atoms with Crippen molar-refractivity contribution >= 4 is 18.7 Å². The lowest BCUT2D eigenvalue weighted by atomic mass is 10.2. The molecule has 4 heteroatoms. The lowest BCUT2D eigenvalue weighted by molar-refractivity contribution is 0.151. The molecule has 0 aromatic rings. The van der Waals surface area contributed by atoms with Crippen molar-refractivity contribution in [3.63, 3.8) is 0 Å². The van der Waals surface area contributed by atoms with Crippen molar-refractivity contribution in [2.24, 2.45) is 5.92 Å². The van der Waals surface area contributed by atoms with Gasteiger partial charge in [0.25, 0.3) is 0 Å². The molecule has 0 aliphatic carbocycles. The van der Waals surface area contributed by atoms with E-state index in [1.807, 2.05) is 6.92 Å². The molecule has 0 saturated carbocycles. The summed E-state index contributed by atoms with van der Waals surface area (Å²) in [5.74, 6) is 0.457. The van der Waals surface area contributed by atoms with Crippen LogP contribution in [-0.4, -0.2) is 28.0 Å².